The Morgan fingerprint density at radius 2 is 2.60 bits per heavy atom. The molecule has 1 aromatic heterocycles. The average Bonchev–Trinajstić information content (AvgIpc) is 2.34. The first-order chi connectivity index (χ1) is 4.79. The van der Waals surface area contributed by atoms with Crippen LogP contribution >= 0.6 is 0 Å². The molecule has 0 radical (unpaired) electrons. The van der Waals surface area contributed by atoms with E-state index in [9.17, 15) is 10.1 Å². The Morgan fingerprint density at radius 3 is 3.10 bits per heavy atom. The Morgan fingerprint density at radius 1 is 1.80 bits per heavy atom. The third-order valence-corrected chi connectivity index (χ3v) is 0.898. The lowest BCUT2D eigenvalue weighted by Gasteiger charge is -1.77. The molecule has 0 unspecified atom stereocenters. The Hall–Kier alpha value is -1.65. The molecule has 0 fully saturated rings. The summed E-state index contributed by atoms with van der Waals surface area (Å²) in [4.78, 5) is 9.25. The van der Waals surface area contributed by atoms with Crippen LogP contribution in [0.3, 0.4) is 0 Å². The van der Waals surface area contributed by atoms with Crippen LogP contribution in [0, 0.1) is 10.1 Å². The predicted octanol–water partition coefficient (Wildman–Crippen LogP) is 0.657. The number of rotatable bonds is 2. The molecule has 0 saturated heterocycles. The van der Waals surface area contributed by atoms with Crippen molar-refractivity contribution in [3.8, 4) is 0 Å². The van der Waals surface area contributed by atoms with Gasteiger partial charge in [-0.1, -0.05) is 0 Å². The monoisotopic (exact) mass is 139 g/mol. The molecule has 1 aromatic rings. The third-order valence-electron chi connectivity index (χ3n) is 0.898. The van der Waals surface area contributed by atoms with Gasteiger partial charge in [-0.15, -0.1) is 0 Å². The topological polar surface area (TPSA) is 71.8 Å². The molecule has 5 heteroatoms. The number of aromatic amines is 1. The van der Waals surface area contributed by atoms with Crippen LogP contribution in [0.5, 0.6) is 0 Å². The van der Waals surface area contributed by atoms with Crippen LogP contribution in [0.15, 0.2) is 18.5 Å². The Balaban J connectivity index is 2.64. The van der Waals surface area contributed by atoms with Crippen LogP contribution in [-0.2, 0) is 0 Å². The molecule has 1 heterocycles. The zero-order valence-electron chi connectivity index (χ0n) is 5.02. The van der Waals surface area contributed by atoms with E-state index in [0.29, 0.717) is 5.69 Å². The van der Waals surface area contributed by atoms with Crippen LogP contribution in [0.4, 0.5) is 0 Å². The summed E-state index contributed by atoms with van der Waals surface area (Å²) in [6, 6.07) is 1.64. The standard InChI is InChI=1S/C5H5N3O2/c9-8(10)4-2-5-1-3-6-7-5/h1-4H,(H,6,7). The van der Waals surface area contributed by atoms with Crippen LogP contribution in [0.2, 0.25) is 0 Å². The Bertz CT molecular complexity index is 239. The van der Waals surface area contributed by atoms with Gasteiger partial charge in [0.1, 0.15) is 0 Å². The molecule has 0 aliphatic rings. The molecule has 1 N–H and O–H groups in total. The molecule has 0 aliphatic heterocycles. The van der Waals surface area contributed by atoms with E-state index in [-0.39, 0.29) is 0 Å². The summed E-state index contributed by atoms with van der Waals surface area (Å²) in [5.41, 5.74) is 0.622. The van der Waals surface area contributed by atoms with Gasteiger partial charge in [-0.05, 0) is 6.07 Å². The van der Waals surface area contributed by atoms with Crippen molar-refractivity contribution in [2.45, 2.75) is 0 Å². The van der Waals surface area contributed by atoms with Gasteiger partial charge in [0.05, 0.1) is 10.6 Å². The van der Waals surface area contributed by atoms with Crippen LogP contribution in [0.1, 0.15) is 5.69 Å². The fourth-order valence-corrected chi connectivity index (χ4v) is 0.501. The summed E-state index contributed by atoms with van der Waals surface area (Å²) in [6.45, 7) is 0. The van der Waals surface area contributed by atoms with Crippen LogP contribution in [0.25, 0.3) is 6.08 Å². The molecule has 52 valence electrons. The highest BCUT2D eigenvalue weighted by Gasteiger charge is 1.88. The molecule has 0 aliphatic carbocycles. The molecule has 0 amide bonds. The molecule has 0 saturated carbocycles. The minimum Gasteiger partial charge on any atom is -0.278 e. The maximum Gasteiger partial charge on any atom is 0.236 e. The minimum absolute atomic E-state index is 0.527. The molecular formula is C5H5N3O2. The highest BCUT2D eigenvalue weighted by Crippen LogP contribution is 1.93. The van der Waals surface area contributed by atoms with Gasteiger partial charge in [-0.3, -0.25) is 15.2 Å². The summed E-state index contributed by atoms with van der Waals surface area (Å²) in [5.74, 6) is 0. The Kier molecular flexibility index (Phi) is 1.79. The van der Waals surface area contributed by atoms with Gasteiger partial charge in [0, 0.05) is 12.3 Å². The van der Waals surface area contributed by atoms with Gasteiger partial charge in [-0.2, -0.15) is 5.10 Å². The van der Waals surface area contributed by atoms with Crippen molar-refractivity contribution in [3.63, 3.8) is 0 Å². The van der Waals surface area contributed by atoms with Crippen molar-refractivity contribution in [1.29, 1.82) is 0 Å². The molecule has 5 nitrogen and oxygen atoms in total. The summed E-state index contributed by atoms with van der Waals surface area (Å²) in [6.07, 6.45) is 3.72. The maximum atomic E-state index is 9.78. The highest BCUT2D eigenvalue weighted by atomic mass is 16.6. The second kappa shape index (κ2) is 2.77. The first-order valence-corrected chi connectivity index (χ1v) is 2.60. The van der Waals surface area contributed by atoms with Gasteiger partial charge in [0.2, 0.25) is 6.20 Å². The number of nitrogens with zero attached hydrogens (tertiary/aromatic N) is 2. The zero-order chi connectivity index (χ0) is 7.40. The number of hydrogen-bond acceptors (Lipinski definition) is 3. The van der Waals surface area contributed by atoms with E-state index in [0.717, 1.165) is 6.20 Å². The maximum absolute atomic E-state index is 9.78. The first kappa shape index (κ1) is 6.47. The smallest absolute Gasteiger partial charge is 0.236 e. The molecule has 0 atom stereocenters. The fraction of sp³-hybridized carbons (Fsp3) is 0. The highest BCUT2D eigenvalue weighted by molar-refractivity contribution is 5.41. The number of H-pyrrole nitrogens is 1. The number of aromatic nitrogens is 2. The second-order valence-electron chi connectivity index (χ2n) is 1.61. The van der Waals surface area contributed by atoms with Gasteiger partial charge in [0.15, 0.2) is 0 Å². The minimum atomic E-state index is -0.527. The second-order valence-corrected chi connectivity index (χ2v) is 1.61. The van der Waals surface area contributed by atoms with Crippen molar-refractivity contribution in [2.24, 2.45) is 0 Å². The lowest BCUT2D eigenvalue weighted by molar-refractivity contribution is -0.401. The molecule has 0 bridgehead atoms. The van der Waals surface area contributed by atoms with E-state index in [2.05, 4.69) is 10.2 Å². The third kappa shape index (κ3) is 1.70. The summed E-state index contributed by atoms with van der Waals surface area (Å²) in [5, 5.41) is 15.9. The van der Waals surface area contributed by atoms with E-state index in [4.69, 9.17) is 0 Å². The van der Waals surface area contributed by atoms with Crippen molar-refractivity contribution in [3.05, 3.63) is 34.3 Å². The zero-order valence-corrected chi connectivity index (χ0v) is 5.02. The van der Waals surface area contributed by atoms with Gasteiger partial charge < -0.3 is 0 Å². The fourth-order valence-electron chi connectivity index (χ4n) is 0.501. The predicted molar refractivity (Wildman–Crippen MR) is 34.6 cm³/mol. The SMILES string of the molecule is O=[N+]([O-])C=Cc1ccn[nH]1. The largest absolute Gasteiger partial charge is 0.278 e. The molecule has 1 rings (SSSR count). The number of nitro groups is 1. The van der Waals surface area contributed by atoms with Crippen LogP contribution < -0.4 is 0 Å². The summed E-state index contributed by atoms with van der Waals surface area (Å²) >= 11 is 0. The average molecular weight is 139 g/mol. The van der Waals surface area contributed by atoms with E-state index in [1.54, 1.807) is 6.07 Å². The van der Waals surface area contributed by atoms with Gasteiger partial charge >= 0.3 is 0 Å². The lowest BCUT2D eigenvalue weighted by Crippen LogP contribution is -1.82. The van der Waals surface area contributed by atoms with Gasteiger partial charge in [0.25, 0.3) is 0 Å². The summed E-state index contributed by atoms with van der Waals surface area (Å²) in [7, 11) is 0. The van der Waals surface area contributed by atoms with E-state index in [1.165, 1.54) is 12.3 Å². The number of hydrogen-bond donors (Lipinski definition) is 1. The molecular weight excluding hydrogens is 134 g/mol. The van der Waals surface area contributed by atoms with Crippen molar-refractivity contribution in [1.82, 2.24) is 10.2 Å². The van der Waals surface area contributed by atoms with E-state index < -0.39 is 4.92 Å². The molecule has 0 spiro atoms. The summed E-state index contributed by atoms with van der Waals surface area (Å²) < 4.78 is 0. The molecule has 0 aromatic carbocycles. The van der Waals surface area contributed by atoms with Crippen molar-refractivity contribution < 1.29 is 4.92 Å². The van der Waals surface area contributed by atoms with Gasteiger partial charge in [-0.25, -0.2) is 0 Å². The van der Waals surface area contributed by atoms with E-state index in [1.807, 2.05) is 0 Å². The van der Waals surface area contributed by atoms with Crippen LogP contribution in [-0.4, -0.2) is 15.1 Å². The quantitative estimate of drug-likeness (QED) is 0.483. The van der Waals surface area contributed by atoms with Crippen molar-refractivity contribution in [2.75, 3.05) is 0 Å². The lowest BCUT2D eigenvalue weighted by atomic mass is 10.4. The first-order valence-electron chi connectivity index (χ1n) is 2.60. The molecule has 10 heavy (non-hydrogen) atoms. The normalized spacial score (nSPS) is 10.4. The Labute approximate surface area is 56.5 Å². The van der Waals surface area contributed by atoms with Crippen molar-refractivity contribution >= 4 is 6.08 Å². The number of nitrogens with one attached hydrogen (secondary N) is 1. The van der Waals surface area contributed by atoms with E-state index >= 15 is 0 Å².